The van der Waals surface area contributed by atoms with Gasteiger partial charge in [-0.3, -0.25) is 0 Å². The molecule has 6 heteroatoms. The van der Waals surface area contributed by atoms with E-state index in [4.69, 9.17) is 34.8 Å². The van der Waals surface area contributed by atoms with Gasteiger partial charge in [-0.2, -0.15) is 0 Å². The number of hydrogen-bond donors (Lipinski definition) is 0. The van der Waals surface area contributed by atoms with E-state index < -0.39 is 15.3 Å². The molecule has 0 aliphatic carbocycles. The Morgan fingerprint density at radius 2 is 1.85 bits per heavy atom. The molecule has 0 radical (unpaired) electrons. The highest BCUT2D eigenvalue weighted by atomic mass is 35.5. The van der Waals surface area contributed by atoms with Gasteiger partial charge in [0.2, 0.25) is 0 Å². The zero-order valence-corrected chi connectivity index (χ0v) is 14.5. The third-order valence-corrected chi connectivity index (χ3v) is 6.55. The standard InChI is InChI=1S/C14H19Cl3O2S/c1-2-20(18,19)8-4-7-14(10-15,11-16)12-5-3-6-13(17)9-12/h3,5-6,9H,2,4,7-8,10-11H2,1H3. The van der Waals surface area contributed by atoms with Gasteiger partial charge in [0.1, 0.15) is 9.84 Å². The van der Waals surface area contributed by atoms with Gasteiger partial charge >= 0.3 is 0 Å². The lowest BCUT2D eigenvalue weighted by Crippen LogP contribution is -2.31. The highest BCUT2D eigenvalue weighted by Gasteiger charge is 2.31. The topological polar surface area (TPSA) is 34.1 Å². The summed E-state index contributed by atoms with van der Waals surface area (Å²) in [4.78, 5) is 0. The third-order valence-electron chi connectivity index (χ3n) is 3.50. The average Bonchev–Trinajstić information content (AvgIpc) is 2.44. The molecule has 0 fully saturated rings. The maximum Gasteiger partial charge on any atom is 0.150 e. The first-order chi connectivity index (χ1) is 9.39. The minimum absolute atomic E-state index is 0.166. The van der Waals surface area contributed by atoms with E-state index in [1.165, 1.54) is 0 Å². The van der Waals surface area contributed by atoms with Crippen molar-refractivity contribution in [2.75, 3.05) is 23.3 Å². The first-order valence-corrected chi connectivity index (χ1v) is 9.74. The normalized spacial score (nSPS) is 12.6. The molecule has 1 rings (SSSR count). The molecule has 0 saturated heterocycles. The second-order valence-electron chi connectivity index (χ2n) is 4.90. The second kappa shape index (κ2) is 7.88. The van der Waals surface area contributed by atoms with Gasteiger partial charge in [0.15, 0.2) is 0 Å². The van der Waals surface area contributed by atoms with Gasteiger partial charge in [-0.15, -0.1) is 23.2 Å². The van der Waals surface area contributed by atoms with Crippen molar-refractivity contribution in [2.24, 2.45) is 0 Å². The van der Waals surface area contributed by atoms with Crippen LogP contribution in [0.25, 0.3) is 0 Å². The Morgan fingerprint density at radius 3 is 2.35 bits per heavy atom. The van der Waals surface area contributed by atoms with E-state index in [-0.39, 0.29) is 11.5 Å². The smallest absolute Gasteiger partial charge is 0.150 e. The van der Waals surface area contributed by atoms with Crippen molar-refractivity contribution in [1.82, 2.24) is 0 Å². The first-order valence-electron chi connectivity index (χ1n) is 6.47. The third kappa shape index (κ3) is 4.80. The number of halogens is 3. The van der Waals surface area contributed by atoms with Crippen LogP contribution in [0, 0.1) is 0 Å². The van der Waals surface area contributed by atoms with Crippen LogP contribution in [-0.2, 0) is 15.3 Å². The van der Waals surface area contributed by atoms with Crippen LogP contribution in [0.4, 0.5) is 0 Å². The zero-order chi connectivity index (χ0) is 15.2. The van der Waals surface area contributed by atoms with E-state index in [0.29, 0.717) is 29.6 Å². The SMILES string of the molecule is CCS(=O)(=O)CCCC(CCl)(CCl)c1cccc(Cl)c1. The predicted octanol–water partition coefficient (Wildman–Crippen LogP) is 4.27. The van der Waals surface area contributed by atoms with E-state index in [1.807, 2.05) is 18.2 Å². The summed E-state index contributed by atoms with van der Waals surface area (Å²) in [6.07, 6.45) is 1.17. The number of rotatable bonds is 8. The molecule has 0 amide bonds. The summed E-state index contributed by atoms with van der Waals surface area (Å²) in [6, 6.07) is 7.43. The van der Waals surface area contributed by atoms with Crippen molar-refractivity contribution >= 4 is 44.6 Å². The fraction of sp³-hybridized carbons (Fsp3) is 0.571. The molecule has 114 valence electrons. The van der Waals surface area contributed by atoms with Crippen molar-refractivity contribution in [3.05, 3.63) is 34.9 Å². The van der Waals surface area contributed by atoms with Crippen molar-refractivity contribution in [1.29, 1.82) is 0 Å². The molecular weight excluding hydrogens is 339 g/mol. The lowest BCUT2D eigenvalue weighted by atomic mass is 9.80. The van der Waals surface area contributed by atoms with Gasteiger partial charge in [-0.25, -0.2) is 8.42 Å². The Balaban J connectivity index is 2.88. The number of alkyl halides is 2. The molecule has 20 heavy (non-hydrogen) atoms. The highest BCUT2D eigenvalue weighted by Crippen LogP contribution is 2.34. The molecule has 0 heterocycles. The minimum Gasteiger partial charge on any atom is -0.229 e. The van der Waals surface area contributed by atoms with Crippen molar-refractivity contribution < 1.29 is 8.42 Å². The van der Waals surface area contributed by atoms with Crippen molar-refractivity contribution in [2.45, 2.75) is 25.2 Å². The Hall–Kier alpha value is 0.0400. The Bertz CT molecular complexity index is 525. The maximum absolute atomic E-state index is 11.6. The molecule has 1 aromatic carbocycles. The van der Waals surface area contributed by atoms with Gasteiger partial charge in [-0.1, -0.05) is 30.7 Å². The Morgan fingerprint density at radius 1 is 1.20 bits per heavy atom. The summed E-state index contributed by atoms with van der Waals surface area (Å²) in [5.74, 6) is 1.00. The summed E-state index contributed by atoms with van der Waals surface area (Å²) in [6.45, 7) is 1.66. The highest BCUT2D eigenvalue weighted by molar-refractivity contribution is 7.91. The van der Waals surface area contributed by atoms with Crippen LogP contribution in [0.1, 0.15) is 25.3 Å². The predicted molar refractivity (Wildman–Crippen MR) is 88.1 cm³/mol. The van der Waals surface area contributed by atoms with Gasteiger partial charge in [0, 0.05) is 28.0 Å². The summed E-state index contributed by atoms with van der Waals surface area (Å²) >= 11 is 18.2. The van der Waals surface area contributed by atoms with Crippen LogP contribution >= 0.6 is 34.8 Å². The lowest BCUT2D eigenvalue weighted by Gasteiger charge is -2.30. The largest absolute Gasteiger partial charge is 0.229 e. The molecule has 0 spiro atoms. The Kier molecular flexibility index (Phi) is 7.13. The quantitative estimate of drug-likeness (QED) is 0.651. The number of benzene rings is 1. The zero-order valence-electron chi connectivity index (χ0n) is 11.4. The average molecular weight is 358 g/mol. The monoisotopic (exact) mass is 356 g/mol. The molecule has 0 aliphatic rings. The van der Waals surface area contributed by atoms with Gasteiger partial charge in [-0.05, 0) is 30.5 Å². The van der Waals surface area contributed by atoms with E-state index in [2.05, 4.69) is 0 Å². The molecule has 1 aromatic rings. The summed E-state index contributed by atoms with van der Waals surface area (Å²) in [5, 5.41) is 0.628. The molecule has 2 nitrogen and oxygen atoms in total. The molecule has 0 atom stereocenters. The van der Waals surface area contributed by atoms with Crippen molar-refractivity contribution in [3.8, 4) is 0 Å². The van der Waals surface area contributed by atoms with Crippen LogP contribution < -0.4 is 0 Å². The van der Waals surface area contributed by atoms with E-state index in [1.54, 1.807) is 13.0 Å². The first kappa shape index (κ1) is 18.1. The molecule has 0 N–H and O–H groups in total. The van der Waals surface area contributed by atoms with Gasteiger partial charge in [0.05, 0.1) is 5.75 Å². The van der Waals surface area contributed by atoms with Gasteiger partial charge in [0.25, 0.3) is 0 Å². The molecule has 0 bridgehead atoms. The van der Waals surface area contributed by atoms with Crippen LogP contribution in [0.2, 0.25) is 5.02 Å². The lowest BCUT2D eigenvalue weighted by molar-refractivity contribution is 0.483. The molecule has 0 aliphatic heterocycles. The Labute approximate surface area is 136 Å². The fourth-order valence-corrected chi connectivity index (χ4v) is 3.99. The maximum atomic E-state index is 11.6. The molecule has 0 aromatic heterocycles. The van der Waals surface area contributed by atoms with Gasteiger partial charge < -0.3 is 0 Å². The number of hydrogen-bond acceptors (Lipinski definition) is 2. The van der Waals surface area contributed by atoms with Crippen molar-refractivity contribution in [3.63, 3.8) is 0 Å². The minimum atomic E-state index is -2.96. The molecule has 0 saturated carbocycles. The summed E-state index contributed by atoms with van der Waals surface area (Å²) < 4.78 is 23.1. The number of sulfone groups is 1. The van der Waals surface area contributed by atoms with Crippen LogP contribution in [-0.4, -0.2) is 31.7 Å². The summed E-state index contributed by atoms with van der Waals surface area (Å²) in [5.41, 5.74) is 0.529. The van der Waals surface area contributed by atoms with Crippen LogP contribution in [0.3, 0.4) is 0 Å². The van der Waals surface area contributed by atoms with E-state index in [0.717, 1.165) is 5.56 Å². The second-order valence-corrected chi connectivity index (χ2v) is 8.34. The van der Waals surface area contributed by atoms with E-state index >= 15 is 0 Å². The molecule has 0 unspecified atom stereocenters. The molecular formula is C14H19Cl3O2S. The fourth-order valence-electron chi connectivity index (χ4n) is 2.06. The van der Waals surface area contributed by atoms with Crippen LogP contribution in [0.15, 0.2) is 24.3 Å². The van der Waals surface area contributed by atoms with E-state index in [9.17, 15) is 8.42 Å². The van der Waals surface area contributed by atoms with Crippen LogP contribution in [0.5, 0.6) is 0 Å². The summed E-state index contributed by atoms with van der Waals surface area (Å²) in [7, 11) is -2.96.